The van der Waals surface area contributed by atoms with Crippen molar-refractivity contribution in [3.63, 3.8) is 0 Å². The molecule has 20 heavy (non-hydrogen) atoms. The summed E-state index contributed by atoms with van der Waals surface area (Å²) >= 11 is 1.67. The van der Waals surface area contributed by atoms with Gasteiger partial charge in [0.2, 0.25) is 6.79 Å². The Morgan fingerprint density at radius 1 is 1.35 bits per heavy atom. The summed E-state index contributed by atoms with van der Waals surface area (Å²) in [7, 11) is 0. The van der Waals surface area contributed by atoms with Crippen LogP contribution in [0.25, 0.3) is 0 Å². The Kier molecular flexibility index (Phi) is 3.60. The number of carbonyl (C=O) groups is 1. The molecule has 1 aromatic heterocycles. The first-order chi connectivity index (χ1) is 9.72. The van der Waals surface area contributed by atoms with Crippen molar-refractivity contribution in [3.05, 3.63) is 46.2 Å². The van der Waals surface area contributed by atoms with Gasteiger partial charge in [0.05, 0.1) is 0 Å². The molecule has 1 aliphatic heterocycles. The molecule has 1 aliphatic rings. The molecule has 2 heterocycles. The molecule has 0 aliphatic carbocycles. The summed E-state index contributed by atoms with van der Waals surface area (Å²) in [5.74, 6) is 1.22. The second-order valence-electron chi connectivity index (χ2n) is 4.78. The predicted octanol–water partition coefficient (Wildman–Crippen LogP) is 2.84. The van der Waals surface area contributed by atoms with Gasteiger partial charge in [-0.25, -0.2) is 0 Å². The number of hydrogen-bond acceptors (Lipinski definition) is 4. The van der Waals surface area contributed by atoms with Gasteiger partial charge in [-0.05, 0) is 53.9 Å². The molecule has 1 aromatic carbocycles. The third kappa shape index (κ3) is 2.77. The van der Waals surface area contributed by atoms with Gasteiger partial charge in [0, 0.05) is 11.6 Å². The van der Waals surface area contributed by atoms with Crippen LogP contribution >= 0.6 is 11.3 Å². The predicted molar refractivity (Wildman–Crippen MR) is 77.5 cm³/mol. The van der Waals surface area contributed by atoms with Crippen LogP contribution in [0.3, 0.4) is 0 Å². The highest BCUT2D eigenvalue weighted by Crippen LogP contribution is 2.32. The van der Waals surface area contributed by atoms with E-state index in [9.17, 15) is 4.79 Å². The van der Waals surface area contributed by atoms with E-state index in [1.165, 1.54) is 5.56 Å². The second kappa shape index (κ2) is 5.54. The number of ether oxygens (including phenoxy) is 2. The Balaban J connectivity index is 1.64. The van der Waals surface area contributed by atoms with Crippen LogP contribution in [0.5, 0.6) is 11.5 Å². The molecule has 0 saturated carbocycles. The highest BCUT2D eigenvalue weighted by atomic mass is 32.1. The number of hydrogen-bond donors (Lipinski definition) is 1. The lowest BCUT2D eigenvalue weighted by Crippen LogP contribution is -2.33. The number of fused-ring (bicyclic) bond motifs is 1. The lowest BCUT2D eigenvalue weighted by Gasteiger charge is -2.13. The van der Waals surface area contributed by atoms with Crippen molar-refractivity contribution in [3.8, 4) is 11.5 Å². The highest BCUT2D eigenvalue weighted by molar-refractivity contribution is 7.07. The average Bonchev–Trinajstić information content (AvgIpc) is 3.07. The zero-order chi connectivity index (χ0) is 13.9. The summed E-state index contributed by atoms with van der Waals surface area (Å²) in [6.45, 7) is 2.22. The van der Waals surface area contributed by atoms with E-state index in [1.54, 1.807) is 29.5 Å². The minimum atomic E-state index is -0.0916. The monoisotopic (exact) mass is 289 g/mol. The summed E-state index contributed by atoms with van der Waals surface area (Å²) in [6, 6.07) is 7.40. The lowest BCUT2D eigenvalue weighted by molar-refractivity contribution is 0.0939. The summed E-state index contributed by atoms with van der Waals surface area (Å²) in [6.07, 6.45) is 0.833. The smallest absolute Gasteiger partial charge is 0.251 e. The highest BCUT2D eigenvalue weighted by Gasteiger charge is 2.17. The summed E-state index contributed by atoms with van der Waals surface area (Å²) in [4.78, 5) is 12.2. The Hall–Kier alpha value is -2.01. The van der Waals surface area contributed by atoms with Gasteiger partial charge in [-0.3, -0.25) is 4.79 Å². The Morgan fingerprint density at radius 2 is 2.20 bits per heavy atom. The van der Waals surface area contributed by atoms with E-state index in [2.05, 4.69) is 16.8 Å². The van der Waals surface area contributed by atoms with E-state index in [4.69, 9.17) is 9.47 Å². The molecule has 0 radical (unpaired) electrons. The largest absolute Gasteiger partial charge is 0.454 e. The quantitative estimate of drug-likeness (QED) is 0.941. The van der Waals surface area contributed by atoms with E-state index < -0.39 is 0 Å². The van der Waals surface area contributed by atoms with Gasteiger partial charge in [-0.1, -0.05) is 0 Å². The first kappa shape index (κ1) is 13.0. The molecular weight excluding hydrogens is 274 g/mol. The minimum absolute atomic E-state index is 0.0857. The van der Waals surface area contributed by atoms with Crippen LogP contribution in [0, 0.1) is 0 Å². The molecule has 3 rings (SSSR count). The van der Waals surface area contributed by atoms with Crippen LogP contribution in [0.1, 0.15) is 22.8 Å². The molecule has 2 aromatic rings. The molecule has 104 valence electrons. The zero-order valence-electron chi connectivity index (χ0n) is 11.1. The number of nitrogens with one attached hydrogen (secondary N) is 1. The van der Waals surface area contributed by atoms with Crippen LogP contribution < -0.4 is 14.8 Å². The second-order valence-corrected chi connectivity index (χ2v) is 5.56. The molecule has 0 saturated heterocycles. The minimum Gasteiger partial charge on any atom is -0.454 e. The molecule has 1 atom stereocenters. The average molecular weight is 289 g/mol. The SMILES string of the molecule is C[C@@H](Cc1ccsc1)NC(=O)c1ccc2c(c1)OCO2. The molecular formula is C15H15NO3S. The van der Waals surface area contributed by atoms with E-state index in [-0.39, 0.29) is 18.7 Å². The van der Waals surface area contributed by atoms with Crippen molar-refractivity contribution >= 4 is 17.2 Å². The summed E-state index contributed by atoms with van der Waals surface area (Å²) < 4.78 is 10.5. The first-order valence-corrected chi connectivity index (χ1v) is 7.38. The van der Waals surface area contributed by atoms with Crippen molar-refractivity contribution in [2.75, 3.05) is 6.79 Å². The van der Waals surface area contributed by atoms with Crippen molar-refractivity contribution in [1.29, 1.82) is 0 Å². The maximum atomic E-state index is 12.2. The van der Waals surface area contributed by atoms with Crippen molar-refractivity contribution in [1.82, 2.24) is 5.32 Å². The Bertz CT molecular complexity index is 610. The van der Waals surface area contributed by atoms with Crippen LogP contribution in [-0.4, -0.2) is 18.7 Å². The lowest BCUT2D eigenvalue weighted by atomic mass is 10.1. The first-order valence-electron chi connectivity index (χ1n) is 6.44. The van der Waals surface area contributed by atoms with Gasteiger partial charge < -0.3 is 14.8 Å². The molecule has 0 bridgehead atoms. The van der Waals surface area contributed by atoms with E-state index in [0.29, 0.717) is 17.1 Å². The third-order valence-corrected chi connectivity index (χ3v) is 3.87. The summed E-state index contributed by atoms with van der Waals surface area (Å²) in [5.41, 5.74) is 1.83. The van der Waals surface area contributed by atoms with E-state index in [0.717, 1.165) is 6.42 Å². The van der Waals surface area contributed by atoms with Gasteiger partial charge in [0.25, 0.3) is 5.91 Å². The Morgan fingerprint density at radius 3 is 3.00 bits per heavy atom. The normalized spacial score (nSPS) is 14.1. The molecule has 0 spiro atoms. The number of amides is 1. The van der Waals surface area contributed by atoms with Crippen molar-refractivity contribution < 1.29 is 14.3 Å². The van der Waals surface area contributed by atoms with Crippen LogP contribution in [0.15, 0.2) is 35.0 Å². The molecule has 4 nitrogen and oxygen atoms in total. The van der Waals surface area contributed by atoms with Crippen molar-refractivity contribution in [2.24, 2.45) is 0 Å². The number of thiophene rings is 1. The number of benzene rings is 1. The summed E-state index contributed by atoms with van der Waals surface area (Å²) in [5, 5.41) is 7.14. The van der Waals surface area contributed by atoms with Gasteiger partial charge in [-0.15, -0.1) is 0 Å². The molecule has 5 heteroatoms. The Labute approximate surface area is 121 Å². The fourth-order valence-corrected chi connectivity index (χ4v) is 2.84. The van der Waals surface area contributed by atoms with Crippen LogP contribution in [0.4, 0.5) is 0 Å². The standard InChI is InChI=1S/C15H15NO3S/c1-10(6-11-4-5-20-8-11)16-15(17)12-2-3-13-14(7-12)19-9-18-13/h2-5,7-8,10H,6,9H2,1H3,(H,16,17)/t10-/m0/s1. The van der Waals surface area contributed by atoms with E-state index in [1.807, 2.05) is 12.3 Å². The molecule has 0 fully saturated rings. The van der Waals surface area contributed by atoms with Crippen LogP contribution in [-0.2, 0) is 6.42 Å². The van der Waals surface area contributed by atoms with Crippen molar-refractivity contribution in [2.45, 2.75) is 19.4 Å². The molecule has 0 unspecified atom stereocenters. The van der Waals surface area contributed by atoms with Gasteiger partial charge >= 0.3 is 0 Å². The maximum absolute atomic E-state index is 12.2. The topological polar surface area (TPSA) is 47.6 Å². The van der Waals surface area contributed by atoms with Crippen LogP contribution in [0.2, 0.25) is 0 Å². The fourth-order valence-electron chi connectivity index (χ4n) is 2.16. The molecule has 1 amide bonds. The fraction of sp³-hybridized carbons (Fsp3) is 0.267. The molecule has 1 N–H and O–H groups in total. The van der Waals surface area contributed by atoms with Gasteiger partial charge in [-0.2, -0.15) is 11.3 Å². The van der Waals surface area contributed by atoms with Gasteiger partial charge in [0.1, 0.15) is 0 Å². The maximum Gasteiger partial charge on any atom is 0.251 e. The van der Waals surface area contributed by atoms with Gasteiger partial charge in [0.15, 0.2) is 11.5 Å². The third-order valence-electron chi connectivity index (χ3n) is 3.13. The van der Waals surface area contributed by atoms with E-state index >= 15 is 0 Å². The number of rotatable bonds is 4. The zero-order valence-corrected chi connectivity index (χ0v) is 11.9. The number of carbonyl (C=O) groups excluding carboxylic acids is 1.